The topological polar surface area (TPSA) is 98.5 Å². The van der Waals surface area contributed by atoms with Crippen molar-refractivity contribution >= 4 is 28.2 Å². The molecule has 0 unspecified atom stereocenters. The molecule has 0 radical (unpaired) electrons. The molecule has 0 saturated heterocycles. The number of fused-ring (bicyclic) bond motifs is 1. The van der Waals surface area contributed by atoms with E-state index in [1.807, 2.05) is 31.2 Å². The highest BCUT2D eigenvalue weighted by atomic mass is 16.6. The van der Waals surface area contributed by atoms with Gasteiger partial charge in [0.15, 0.2) is 0 Å². The summed E-state index contributed by atoms with van der Waals surface area (Å²) < 4.78 is 11.2. The average molecular weight is 376 g/mol. The molecule has 0 amide bonds. The smallest absolute Gasteiger partial charge is 0.347 e. The highest BCUT2D eigenvalue weighted by Crippen LogP contribution is 2.39. The number of rotatable bonds is 4. The molecule has 28 heavy (non-hydrogen) atoms. The Morgan fingerprint density at radius 3 is 2.39 bits per heavy atom. The van der Waals surface area contributed by atoms with Gasteiger partial charge in [-0.25, -0.2) is 4.79 Å². The number of aryl methyl sites for hydroxylation is 2. The lowest BCUT2D eigenvalue weighted by Gasteiger charge is -2.09. The van der Waals surface area contributed by atoms with Crippen LogP contribution in [0.5, 0.6) is 0 Å². The number of nitro groups is 1. The minimum absolute atomic E-state index is 0.0344. The van der Waals surface area contributed by atoms with Gasteiger partial charge in [0.25, 0.3) is 5.69 Å². The first kappa shape index (κ1) is 17.5. The van der Waals surface area contributed by atoms with Crippen LogP contribution in [0.2, 0.25) is 0 Å². The molecule has 2 aromatic carbocycles. The Balaban J connectivity index is 1.95. The first-order chi connectivity index (χ1) is 13.4. The van der Waals surface area contributed by atoms with Gasteiger partial charge >= 0.3 is 5.63 Å². The van der Waals surface area contributed by atoms with Crippen LogP contribution in [0.3, 0.4) is 0 Å². The number of benzene rings is 2. The largest absolute Gasteiger partial charge is 0.439 e. The second-order valence-electron chi connectivity index (χ2n) is 6.43. The second kappa shape index (κ2) is 6.70. The van der Waals surface area contributed by atoms with Crippen LogP contribution in [-0.4, -0.2) is 4.92 Å². The van der Waals surface area contributed by atoms with Gasteiger partial charge in [-0.3, -0.25) is 10.1 Å². The minimum Gasteiger partial charge on any atom is -0.439 e. The van der Waals surface area contributed by atoms with Crippen molar-refractivity contribution in [1.29, 1.82) is 0 Å². The SMILES string of the molecule is Cc1cc2oc(Nc3ccccc3C)c(-c3ccc([N+](=O)[O-])cc3)c2c(=O)o1. The van der Waals surface area contributed by atoms with Crippen molar-refractivity contribution in [1.82, 2.24) is 0 Å². The molecule has 0 spiro atoms. The van der Waals surface area contributed by atoms with Gasteiger partial charge in [0.05, 0.1) is 10.5 Å². The molecule has 2 aromatic heterocycles. The van der Waals surface area contributed by atoms with E-state index in [2.05, 4.69) is 5.32 Å². The number of furan rings is 1. The van der Waals surface area contributed by atoms with Crippen LogP contribution < -0.4 is 10.9 Å². The van der Waals surface area contributed by atoms with E-state index in [1.165, 1.54) is 12.1 Å². The van der Waals surface area contributed by atoms with Crippen LogP contribution in [0.1, 0.15) is 11.3 Å². The van der Waals surface area contributed by atoms with E-state index in [1.54, 1.807) is 25.1 Å². The van der Waals surface area contributed by atoms with Crippen LogP contribution >= 0.6 is 0 Å². The molecular weight excluding hydrogens is 360 g/mol. The molecule has 0 aliphatic rings. The van der Waals surface area contributed by atoms with Crippen molar-refractivity contribution in [3.8, 4) is 11.1 Å². The summed E-state index contributed by atoms with van der Waals surface area (Å²) in [5, 5.41) is 14.5. The number of hydrogen-bond donors (Lipinski definition) is 1. The van der Waals surface area contributed by atoms with Crippen molar-refractivity contribution in [3.63, 3.8) is 0 Å². The summed E-state index contributed by atoms with van der Waals surface area (Å²) in [5.41, 5.74) is 2.76. The van der Waals surface area contributed by atoms with Gasteiger partial charge in [0, 0.05) is 23.9 Å². The van der Waals surface area contributed by atoms with E-state index in [0.29, 0.717) is 28.4 Å². The Hall–Kier alpha value is -3.87. The van der Waals surface area contributed by atoms with E-state index in [0.717, 1.165) is 11.3 Å². The minimum atomic E-state index is -0.523. The molecule has 0 aliphatic carbocycles. The molecule has 1 N–H and O–H groups in total. The molecular formula is C21H16N2O5. The number of nitro benzene ring substituents is 1. The van der Waals surface area contributed by atoms with Crippen LogP contribution in [-0.2, 0) is 0 Å². The third-order valence-corrected chi connectivity index (χ3v) is 4.49. The zero-order valence-electron chi connectivity index (χ0n) is 15.2. The second-order valence-corrected chi connectivity index (χ2v) is 6.43. The fourth-order valence-electron chi connectivity index (χ4n) is 3.11. The summed E-state index contributed by atoms with van der Waals surface area (Å²) in [7, 11) is 0. The first-order valence-corrected chi connectivity index (χ1v) is 8.59. The molecule has 7 heteroatoms. The van der Waals surface area contributed by atoms with Gasteiger partial charge in [0.1, 0.15) is 16.7 Å². The van der Waals surface area contributed by atoms with E-state index in [4.69, 9.17) is 8.83 Å². The van der Waals surface area contributed by atoms with E-state index >= 15 is 0 Å². The summed E-state index contributed by atoms with van der Waals surface area (Å²) in [6, 6.07) is 15.3. The summed E-state index contributed by atoms with van der Waals surface area (Å²) in [6.45, 7) is 3.62. The molecule has 0 bridgehead atoms. The standard InChI is InChI=1S/C21H16N2O5/c1-12-5-3-4-6-16(12)22-20-18(14-7-9-15(10-8-14)23(25)26)19-17(28-20)11-13(2)27-21(19)24/h3-11,22H,1-2H3. The van der Waals surface area contributed by atoms with E-state index in [-0.39, 0.29) is 11.1 Å². The number of hydrogen-bond acceptors (Lipinski definition) is 6. The number of non-ortho nitro benzene ring substituents is 1. The molecule has 0 fully saturated rings. The maximum absolute atomic E-state index is 12.5. The third-order valence-electron chi connectivity index (χ3n) is 4.49. The average Bonchev–Trinajstić information content (AvgIpc) is 3.01. The summed E-state index contributed by atoms with van der Waals surface area (Å²) in [4.78, 5) is 23.0. The third kappa shape index (κ3) is 3.03. The number of nitrogens with one attached hydrogen (secondary N) is 1. The molecule has 4 rings (SSSR count). The number of para-hydroxylation sites is 1. The van der Waals surface area contributed by atoms with Gasteiger partial charge in [0.2, 0.25) is 5.88 Å². The Morgan fingerprint density at radius 2 is 1.71 bits per heavy atom. The van der Waals surface area contributed by atoms with Crippen LogP contribution in [0.4, 0.5) is 17.3 Å². The Labute approximate surface area is 159 Å². The van der Waals surface area contributed by atoms with Gasteiger partial charge in [-0.1, -0.05) is 18.2 Å². The first-order valence-electron chi connectivity index (χ1n) is 8.59. The summed E-state index contributed by atoms with van der Waals surface area (Å²) >= 11 is 0. The molecule has 0 aliphatic heterocycles. The fourth-order valence-corrected chi connectivity index (χ4v) is 3.11. The van der Waals surface area contributed by atoms with Gasteiger partial charge in [-0.2, -0.15) is 0 Å². The van der Waals surface area contributed by atoms with Crippen LogP contribution in [0, 0.1) is 24.0 Å². The summed E-state index contributed by atoms with van der Waals surface area (Å²) in [5.74, 6) is 0.806. The maximum atomic E-state index is 12.5. The molecule has 7 nitrogen and oxygen atoms in total. The Morgan fingerprint density at radius 1 is 1.00 bits per heavy atom. The van der Waals surface area contributed by atoms with Gasteiger partial charge in [-0.05, 0) is 43.2 Å². The predicted octanol–water partition coefficient (Wildman–Crippen LogP) is 5.32. The molecule has 2 heterocycles. The molecule has 0 saturated carbocycles. The summed E-state index contributed by atoms with van der Waals surface area (Å²) in [6.07, 6.45) is 0. The number of anilines is 2. The lowest BCUT2D eigenvalue weighted by Crippen LogP contribution is -2.00. The number of nitrogens with zero attached hydrogens (tertiary/aromatic N) is 1. The van der Waals surface area contributed by atoms with Crippen molar-refractivity contribution in [3.05, 3.63) is 86.5 Å². The lowest BCUT2D eigenvalue weighted by molar-refractivity contribution is -0.384. The maximum Gasteiger partial charge on any atom is 0.347 e. The monoisotopic (exact) mass is 376 g/mol. The predicted molar refractivity (Wildman–Crippen MR) is 106 cm³/mol. The van der Waals surface area contributed by atoms with Gasteiger partial charge < -0.3 is 14.2 Å². The van der Waals surface area contributed by atoms with Crippen molar-refractivity contribution in [2.75, 3.05) is 5.32 Å². The quantitative estimate of drug-likeness (QED) is 0.382. The van der Waals surface area contributed by atoms with Crippen molar-refractivity contribution in [2.24, 2.45) is 0 Å². The zero-order chi connectivity index (χ0) is 19.8. The van der Waals surface area contributed by atoms with Crippen molar-refractivity contribution < 1.29 is 13.8 Å². The van der Waals surface area contributed by atoms with E-state index in [9.17, 15) is 14.9 Å². The normalized spacial score (nSPS) is 10.9. The van der Waals surface area contributed by atoms with Crippen molar-refractivity contribution in [2.45, 2.75) is 13.8 Å². The van der Waals surface area contributed by atoms with Crippen LogP contribution in [0.15, 0.2) is 68.2 Å². The highest BCUT2D eigenvalue weighted by molar-refractivity contribution is 6.00. The zero-order valence-corrected chi connectivity index (χ0v) is 15.2. The molecule has 4 aromatic rings. The fraction of sp³-hybridized carbons (Fsp3) is 0.0952. The van der Waals surface area contributed by atoms with Crippen LogP contribution in [0.25, 0.3) is 22.1 Å². The highest BCUT2D eigenvalue weighted by Gasteiger charge is 2.21. The van der Waals surface area contributed by atoms with Gasteiger partial charge in [-0.15, -0.1) is 0 Å². The molecule has 140 valence electrons. The van der Waals surface area contributed by atoms with E-state index < -0.39 is 10.5 Å². The Kier molecular flexibility index (Phi) is 4.19. The Bertz CT molecular complexity index is 1250. The lowest BCUT2D eigenvalue weighted by atomic mass is 10.0. The molecule has 0 atom stereocenters.